The lowest BCUT2D eigenvalue weighted by molar-refractivity contribution is -0.105. The highest BCUT2D eigenvalue weighted by Crippen LogP contribution is 2.35. The van der Waals surface area contributed by atoms with Gasteiger partial charge in [-0.05, 0) is 26.2 Å². The van der Waals surface area contributed by atoms with Crippen LogP contribution >= 0.6 is 0 Å². The van der Waals surface area contributed by atoms with Crippen molar-refractivity contribution in [1.82, 2.24) is 4.90 Å². The number of hydrogen-bond acceptors (Lipinski definition) is 3. The summed E-state index contributed by atoms with van der Waals surface area (Å²) in [5.41, 5.74) is 6.52. The average molecular weight is 268 g/mol. The summed E-state index contributed by atoms with van der Waals surface area (Å²) < 4.78 is 5.87. The molecule has 0 aromatic rings. The molecule has 1 aliphatic carbocycles. The zero-order chi connectivity index (χ0) is 13.7. The summed E-state index contributed by atoms with van der Waals surface area (Å²) in [5, 5.41) is 0. The third-order valence-corrected chi connectivity index (χ3v) is 5.21. The lowest BCUT2D eigenvalue weighted by Crippen LogP contribution is -2.63. The summed E-state index contributed by atoms with van der Waals surface area (Å²) in [7, 11) is 0. The molecule has 1 aliphatic heterocycles. The highest BCUT2D eigenvalue weighted by atomic mass is 16.5. The van der Waals surface area contributed by atoms with Crippen molar-refractivity contribution in [3.8, 4) is 0 Å². The van der Waals surface area contributed by atoms with E-state index in [9.17, 15) is 0 Å². The van der Waals surface area contributed by atoms with Gasteiger partial charge in [-0.3, -0.25) is 4.90 Å². The maximum Gasteiger partial charge on any atom is 0.0675 e. The lowest BCUT2D eigenvalue weighted by atomic mass is 9.80. The molecule has 2 N–H and O–H groups in total. The van der Waals surface area contributed by atoms with E-state index in [1.807, 2.05) is 0 Å². The largest absolute Gasteiger partial charge is 0.376 e. The van der Waals surface area contributed by atoms with Gasteiger partial charge in [0.2, 0.25) is 0 Å². The monoisotopic (exact) mass is 268 g/mol. The second-order valence-electron chi connectivity index (χ2n) is 6.55. The number of rotatable bonds is 3. The van der Waals surface area contributed by atoms with Crippen LogP contribution in [0, 0.1) is 0 Å². The van der Waals surface area contributed by atoms with Gasteiger partial charge in [0.25, 0.3) is 0 Å². The van der Waals surface area contributed by atoms with Crippen molar-refractivity contribution in [1.29, 1.82) is 0 Å². The maximum atomic E-state index is 6.27. The zero-order valence-corrected chi connectivity index (χ0v) is 12.9. The smallest absolute Gasteiger partial charge is 0.0675 e. The van der Waals surface area contributed by atoms with Crippen LogP contribution in [-0.2, 0) is 4.74 Å². The Morgan fingerprint density at radius 3 is 2.37 bits per heavy atom. The molecule has 1 saturated carbocycles. The van der Waals surface area contributed by atoms with Gasteiger partial charge in [-0.2, -0.15) is 0 Å². The van der Waals surface area contributed by atoms with Gasteiger partial charge in [-0.1, -0.05) is 39.0 Å². The maximum absolute atomic E-state index is 6.27. The minimum Gasteiger partial charge on any atom is -0.376 e. The van der Waals surface area contributed by atoms with Crippen LogP contribution in [0.1, 0.15) is 65.2 Å². The number of nitrogens with two attached hydrogens (primary N) is 1. The van der Waals surface area contributed by atoms with E-state index in [1.54, 1.807) is 0 Å². The molecule has 2 aliphatic rings. The van der Waals surface area contributed by atoms with Crippen molar-refractivity contribution >= 4 is 0 Å². The third-order valence-electron chi connectivity index (χ3n) is 5.21. The molecule has 0 spiro atoms. The van der Waals surface area contributed by atoms with Crippen LogP contribution in [0.4, 0.5) is 0 Å². The van der Waals surface area contributed by atoms with Gasteiger partial charge in [0.05, 0.1) is 12.7 Å². The molecule has 0 aromatic heterocycles. The van der Waals surface area contributed by atoms with Crippen molar-refractivity contribution in [2.24, 2.45) is 5.73 Å². The summed E-state index contributed by atoms with van der Waals surface area (Å²) in [5.74, 6) is 0. The molecule has 2 rings (SSSR count). The highest BCUT2D eigenvalue weighted by molar-refractivity contribution is 4.97. The van der Waals surface area contributed by atoms with E-state index in [0.717, 1.165) is 19.7 Å². The van der Waals surface area contributed by atoms with Crippen LogP contribution in [0.3, 0.4) is 0 Å². The molecule has 0 radical (unpaired) electrons. The van der Waals surface area contributed by atoms with Gasteiger partial charge < -0.3 is 10.5 Å². The van der Waals surface area contributed by atoms with Crippen molar-refractivity contribution in [2.45, 2.75) is 82.9 Å². The van der Waals surface area contributed by atoms with Gasteiger partial charge in [0.15, 0.2) is 0 Å². The first kappa shape index (κ1) is 15.3. The summed E-state index contributed by atoms with van der Waals surface area (Å²) in [6.07, 6.45) is 11.0. The van der Waals surface area contributed by atoms with Crippen molar-refractivity contribution in [3.63, 3.8) is 0 Å². The molecule has 1 heterocycles. The number of ether oxygens (including phenoxy) is 1. The summed E-state index contributed by atoms with van der Waals surface area (Å²) in [4.78, 5) is 2.73. The van der Waals surface area contributed by atoms with E-state index in [0.29, 0.717) is 12.1 Å². The number of hydrogen-bond donors (Lipinski definition) is 1. The van der Waals surface area contributed by atoms with Crippen molar-refractivity contribution < 1.29 is 4.74 Å². The molecule has 0 aromatic carbocycles. The quantitative estimate of drug-likeness (QED) is 0.855. The molecule has 3 heteroatoms. The molecule has 2 fully saturated rings. The van der Waals surface area contributed by atoms with E-state index in [4.69, 9.17) is 10.5 Å². The first-order chi connectivity index (χ1) is 9.22. The molecule has 112 valence electrons. The fourth-order valence-corrected chi connectivity index (χ4v) is 3.94. The van der Waals surface area contributed by atoms with Crippen LogP contribution in [0.5, 0.6) is 0 Å². The molecular formula is C16H32N2O. The van der Waals surface area contributed by atoms with Gasteiger partial charge in [-0.15, -0.1) is 0 Å². The minimum absolute atomic E-state index is 0.249. The lowest BCUT2D eigenvalue weighted by Gasteiger charge is -2.51. The van der Waals surface area contributed by atoms with E-state index >= 15 is 0 Å². The fourth-order valence-electron chi connectivity index (χ4n) is 3.94. The van der Waals surface area contributed by atoms with Crippen LogP contribution in [0.2, 0.25) is 0 Å². The Balaban J connectivity index is 2.15. The van der Waals surface area contributed by atoms with Gasteiger partial charge >= 0.3 is 0 Å². The summed E-state index contributed by atoms with van der Waals surface area (Å²) in [6.45, 7) is 7.25. The topological polar surface area (TPSA) is 38.5 Å². The Morgan fingerprint density at radius 2 is 1.79 bits per heavy atom. The average Bonchev–Trinajstić information content (AvgIpc) is 2.39. The Kier molecular flexibility index (Phi) is 5.67. The van der Waals surface area contributed by atoms with Crippen LogP contribution < -0.4 is 5.73 Å². The van der Waals surface area contributed by atoms with Gasteiger partial charge in [-0.25, -0.2) is 0 Å². The first-order valence-corrected chi connectivity index (χ1v) is 8.30. The molecule has 2 unspecified atom stereocenters. The second kappa shape index (κ2) is 7.05. The normalized spacial score (nSPS) is 33.6. The van der Waals surface area contributed by atoms with E-state index in [1.165, 1.54) is 51.4 Å². The second-order valence-corrected chi connectivity index (χ2v) is 6.55. The number of morpholine rings is 1. The molecule has 19 heavy (non-hydrogen) atoms. The molecule has 1 saturated heterocycles. The summed E-state index contributed by atoms with van der Waals surface area (Å²) >= 11 is 0. The van der Waals surface area contributed by atoms with Gasteiger partial charge in [0, 0.05) is 24.7 Å². The fraction of sp³-hybridized carbons (Fsp3) is 1.00. The van der Waals surface area contributed by atoms with Crippen molar-refractivity contribution in [3.05, 3.63) is 0 Å². The van der Waals surface area contributed by atoms with Gasteiger partial charge in [0.1, 0.15) is 0 Å². The predicted octanol–water partition coefficient (Wildman–Crippen LogP) is 2.93. The Morgan fingerprint density at radius 1 is 1.16 bits per heavy atom. The molecule has 0 amide bonds. The molecular weight excluding hydrogens is 236 g/mol. The van der Waals surface area contributed by atoms with Crippen LogP contribution in [0.25, 0.3) is 0 Å². The van der Waals surface area contributed by atoms with E-state index < -0.39 is 0 Å². The first-order valence-electron chi connectivity index (χ1n) is 8.30. The Labute approximate surface area is 118 Å². The Hall–Kier alpha value is -0.120. The molecule has 3 nitrogen and oxygen atoms in total. The predicted molar refractivity (Wildman–Crippen MR) is 80.3 cm³/mol. The SMILES string of the molecule is CCC1COC(C)CN1C1(CN)CCCCCCC1. The number of nitrogens with zero attached hydrogens (tertiary/aromatic N) is 1. The van der Waals surface area contributed by atoms with E-state index in [-0.39, 0.29) is 5.54 Å². The van der Waals surface area contributed by atoms with Crippen LogP contribution in [-0.4, -0.2) is 42.3 Å². The Bertz CT molecular complexity index is 261. The third kappa shape index (κ3) is 3.50. The minimum atomic E-state index is 0.249. The summed E-state index contributed by atoms with van der Waals surface area (Å²) in [6, 6.07) is 0.569. The van der Waals surface area contributed by atoms with Crippen LogP contribution in [0.15, 0.2) is 0 Å². The van der Waals surface area contributed by atoms with Crippen molar-refractivity contribution in [2.75, 3.05) is 19.7 Å². The highest BCUT2D eigenvalue weighted by Gasteiger charge is 2.41. The zero-order valence-electron chi connectivity index (χ0n) is 12.9. The van der Waals surface area contributed by atoms with E-state index in [2.05, 4.69) is 18.7 Å². The molecule has 0 bridgehead atoms. The standard InChI is InChI=1S/C16H32N2O/c1-3-15-12-19-14(2)11-18(15)16(13-17)9-7-5-4-6-8-10-16/h14-15H,3-13,17H2,1-2H3. The molecule has 2 atom stereocenters.